The topological polar surface area (TPSA) is 50.4 Å². The molecule has 1 aromatic rings. The molecule has 0 aromatic heterocycles. The highest BCUT2D eigenvalue weighted by Crippen LogP contribution is 2.58. The molecule has 2 unspecified atom stereocenters. The molecule has 2 N–H and O–H groups in total. The van der Waals surface area contributed by atoms with Crippen LogP contribution in [0.2, 0.25) is 0 Å². The van der Waals surface area contributed by atoms with Gasteiger partial charge in [0.25, 0.3) is 0 Å². The van der Waals surface area contributed by atoms with E-state index in [0.717, 1.165) is 37.9 Å². The molecular weight excluding hydrogens is 357 g/mol. The molecular formula is C17H22ClF3N2O2. The number of hydrogen-bond acceptors (Lipinski definition) is 3. The molecule has 8 heteroatoms. The van der Waals surface area contributed by atoms with Gasteiger partial charge in [-0.1, -0.05) is 12.1 Å². The maximum absolute atomic E-state index is 12.4. The van der Waals surface area contributed by atoms with E-state index in [1.807, 2.05) is 6.92 Å². The minimum atomic E-state index is -4.70. The first-order valence-electron chi connectivity index (χ1n) is 8.16. The molecule has 2 aliphatic rings. The van der Waals surface area contributed by atoms with Crippen LogP contribution < -0.4 is 15.4 Å². The van der Waals surface area contributed by atoms with Crippen molar-refractivity contribution in [3.63, 3.8) is 0 Å². The number of benzene rings is 1. The van der Waals surface area contributed by atoms with Crippen molar-refractivity contribution in [3.05, 3.63) is 29.8 Å². The van der Waals surface area contributed by atoms with Gasteiger partial charge in [0.2, 0.25) is 5.91 Å². The third-order valence-electron chi connectivity index (χ3n) is 5.08. The van der Waals surface area contributed by atoms with Crippen LogP contribution in [0.1, 0.15) is 37.8 Å². The number of alkyl halides is 3. The predicted molar refractivity (Wildman–Crippen MR) is 89.6 cm³/mol. The fraction of sp³-hybridized carbons (Fsp3) is 0.588. The molecule has 1 aromatic carbocycles. The molecule has 25 heavy (non-hydrogen) atoms. The molecule has 0 bridgehead atoms. The molecule has 1 heterocycles. The van der Waals surface area contributed by atoms with Gasteiger partial charge in [-0.3, -0.25) is 4.79 Å². The van der Waals surface area contributed by atoms with Crippen LogP contribution in [-0.2, 0) is 4.79 Å². The highest BCUT2D eigenvalue weighted by atomic mass is 35.5. The number of halogens is 4. The van der Waals surface area contributed by atoms with Crippen LogP contribution in [0.25, 0.3) is 0 Å². The third-order valence-corrected chi connectivity index (χ3v) is 5.08. The van der Waals surface area contributed by atoms with Crippen molar-refractivity contribution >= 4 is 18.3 Å². The van der Waals surface area contributed by atoms with E-state index in [1.165, 1.54) is 12.1 Å². The van der Waals surface area contributed by atoms with Crippen molar-refractivity contribution in [1.29, 1.82) is 0 Å². The Balaban J connectivity index is 0.00000225. The number of nitrogens with one attached hydrogen (secondary N) is 2. The third kappa shape index (κ3) is 4.79. The van der Waals surface area contributed by atoms with Crippen molar-refractivity contribution in [3.8, 4) is 5.75 Å². The van der Waals surface area contributed by atoms with Gasteiger partial charge >= 0.3 is 6.36 Å². The molecule has 4 nitrogen and oxygen atoms in total. The summed E-state index contributed by atoms with van der Waals surface area (Å²) in [7, 11) is 0. The lowest BCUT2D eigenvalue weighted by Gasteiger charge is -2.24. The summed E-state index contributed by atoms with van der Waals surface area (Å²) in [6, 6.07) is 5.35. The maximum atomic E-state index is 12.4. The van der Waals surface area contributed by atoms with Crippen LogP contribution in [0.4, 0.5) is 13.2 Å². The average molecular weight is 379 g/mol. The minimum absolute atomic E-state index is 0. The number of carbonyl (C=O) groups excluding carboxylic acids is 1. The first kappa shape index (κ1) is 19.8. The van der Waals surface area contributed by atoms with Gasteiger partial charge in [0.1, 0.15) is 5.75 Å². The number of ether oxygens (including phenoxy) is 1. The van der Waals surface area contributed by atoms with Gasteiger partial charge < -0.3 is 15.4 Å². The molecule has 2 fully saturated rings. The molecule has 140 valence electrons. The van der Waals surface area contributed by atoms with E-state index < -0.39 is 6.36 Å². The Morgan fingerprint density at radius 1 is 1.28 bits per heavy atom. The molecule has 1 spiro atoms. The molecule has 2 atom stereocenters. The molecule has 3 rings (SSSR count). The van der Waals surface area contributed by atoms with E-state index in [2.05, 4.69) is 15.4 Å². The monoisotopic (exact) mass is 378 g/mol. The summed E-state index contributed by atoms with van der Waals surface area (Å²) in [6.45, 7) is 3.75. The zero-order chi connectivity index (χ0) is 17.4. The van der Waals surface area contributed by atoms with Crippen molar-refractivity contribution in [1.82, 2.24) is 10.6 Å². The standard InChI is InChI=1S/C17H21F3N2O2.ClH/c1-11(12-2-4-13(5-3-12)24-17(18,19)20)22-15(23)14-10-16(14)6-8-21-9-7-16;/h2-5,11,14,21H,6-10H2,1H3,(H,22,23);1H. The van der Waals surface area contributed by atoms with Crippen LogP contribution >= 0.6 is 12.4 Å². The Morgan fingerprint density at radius 3 is 2.44 bits per heavy atom. The zero-order valence-electron chi connectivity index (χ0n) is 13.9. The Labute approximate surface area is 150 Å². The second-order valence-corrected chi connectivity index (χ2v) is 6.72. The van der Waals surface area contributed by atoms with E-state index in [1.54, 1.807) is 12.1 Å². The summed E-state index contributed by atoms with van der Waals surface area (Å²) >= 11 is 0. The molecule has 1 saturated heterocycles. The van der Waals surface area contributed by atoms with Gasteiger partial charge in [0.05, 0.1) is 6.04 Å². The van der Waals surface area contributed by atoms with Crippen molar-refractivity contribution in [2.24, 2.45) is 11.3 Å². The first-order valence-corrected chi connectivity index (χ1v) is 8.16. The van der Waals surface area contributed by atoms with Crippen LogP contribution in [0, 0.1) is 11.3 Å². The van der Waals surface area contributed by atoms with Gasteiger partial charge in [-0.25, -0.2) is 0 Å². The first-order chi connectivity index (χ1) is 11.3. The molecule has 1 saturated carbocycles. The summed E-state index contributed by atoms with van der Waals surface area (Å²) in [6.07, 6.45) is -1.70. The summed E-state index contributed by atoms with van der Waals surface area (Å²) in [4.78, 5) is 12.4. The summed E-state index contributed by atoms with van der Waals surface area (Å²) in [5.41, 5.74) is 0.914. The average Bonchev–Trinajstić information content (AvgIpc) is 3.20. The lowest BCUT2D eigenvalue weighted by atomic mass is 9.91. The van der Waals surface area contributed by atoms with Gasteiger partial charge in [0, 0.05) is 5.92 Å². The van der Waals surface area contributed by atoms with Crippen molar-refractivity contribution in [2.45, 2.75) is 38.6 Å². The van der Waals surface area contributed by atoms with Gasteiger partial charge in [-0.15, -0.1) is 25.6 Å². The van der Waals surface area contributed by atoms with Crippen LogP contribution in [0.15, 0.2) is 24.3 Å². The second-order valence-electron chi connectivity index (χ2n) is 6.72. The maximum Gasteiger partial charge on any atom is 0.573 e. The SMILES string of the molecule is CC(NC(=O)C1CC12CCNCC2)c1ccc(OC(F)(F)F)cc1.Cl. The Bertz CT molecular complexity index is 601. The number of piperidine rings is 1. The Kier molecular flexibility index (Phi) is 5.89. The van der Waals surface area contributed by atoms with Crippen molar-refractivity contribution < 1.29 is 22.7 Å². The van der Waals surface area contributed by atoms with E-state index in [9.17, 15) is 18.0 Å². The largest absolute Gasteiger partial charge is 0.573 e. The normalized spacial score (nSPS) is 22.6. The predicted octanol–water partition coefficient (Wildman–Crippen LogP) is 3.57. The molecule has 1 aliphatic carbocycles. The van der Waals surface area contributed by atoms with Crippen LogP contribution in [0.3, 0.4) is 0 Å². The van der Waals surface area contributed by atoms with Crippen molar-refractivity contribution in [2.75, 3.05) is 13.1 Å². The van der Waals surface area contributed by atoms with Gasteiger partial charge in [0.15, 0.2) is 0 Å². The summed E-state index contributed by atoms with van der Waals surface area (Å²) in [5.74, 6) is -0.157. The lowest BCUT2D eigenvalue weighted by Crippen LogP contribution is -2.34. The highest BCUT2D eigenvalue weighted by Gasteiger charge is 2.57. The molecule has 0 radical (unpaired) electrons. The fourth-order valence-corrected chi connectivity index (χ4v) is 3.55. The second kappa shape index (κ2) is 7.41. The fourth-order valence-electron chi connectivity index (χ4n) is 3.55. The minimum Gasteiger partial charge on any atom is -0.406 e. The van der Waals surface area contributed by atoms with E-state index in [0.29, 0.717) is 0 Å². The van der Waals surface area contributed by atoms with Gasteiger partial charge in [-0.2, -0.15) is 0 Å². The Hall–Kier alpha value is -1.47. The summed E-state index contributed by atoms with van der Waals surface area (Å²) < 4.78 is 40.3. The number of amides is 1. The molecule has 1 amide bonds. The Morgan fingerprint density at radius 2 is 1.88 bits per heavy atom. The van der Waals surface area contributed by atoms with Crippen LogP contribution in [0.5, 0.6) is 5.75 Å². The van der Waals surface area contributed by atoms with E-state index >= 15 is 0 Å². The van der Waals surface area contributed by atoms with Crippen LogP contribution in [-0.4, -0.2) is 25.4 Å². The quantitative estimate of drug-likeness (QED) is 0.842. The number of carbonyl (C=O) groups is 1. The number of hydrogen-bond donors (Lipinski definition) is 2. The number of rotatable bonds is 4. The smallest absolute Gasteiger partial charge is 0.406 e. The van der Waals surface area contributed by atoms with E-state index in [-0.39, 0.29) is 41.4 Å². The van der Waals surface area contributed by atoms with E-state index in [4.69, 9.17) is 0 Å². The molecule has 1 aliphatic heterocycles. The zero-order valence-corrected chi connectivity index (χ0v) is 14.7. The summed E-state index contributed by atoms with van der Waals surface area (Å²) in [5, 5.41) is 6.28. The van der Waals surface area contributed by atoms with Gasteiger partial charge in [-0.05, 0) is 62.4 Å². The lowest BCUT2D eigenvalue weighted by molar-refractivity contribution is -0.274. The highest BCUT2D eigenvalue weighted by molar-refractivity contribution is 5.85.